The molecular formula is C15H20BrN3O2. The van der Waals surface area contributed by atoms with E-state index in [2.05, 4.69) is 21.2 Å². The van der Waals surface area contributed by atoms with Crippen molar-refractivity contribution in [3.05, 3.63) is 34.3 Å². The van der Waals surface area contributed by atoms with Crippen molar-refractivity contribution in [2.45, 2.75) is 31.8 Å². The van der Waals surface area contributed by atoms with Crippen LogP contribution in [0.5, 0.6) is 0 Å². The Balaban J connectivity index is 2.02. The summed E-state index contributed by atoms with van der Waals surface area (Å²) < 4.78 is 0.940. The van der Waals surface area contributed by atoms with Gasteiger partial charge in [-0.3, -0.25) is 9.59 Å². The molecule has 1 aromatic carbocycles. The van der Waals surface area contributed by atoms with Crippen LogP contribution in [0.15, 0.2) is 28.7 Å². The molecule has 6 heteroatoms. The van der Waals surface area contributed by atoms with Gasteiger partial charge in [0.15, 0.2) is 0 Å². The van der Waals surface area contributed by atoms with Gasteiger partial charge in [-0.15, -0.1) is 0 Å². The van der Waals surface area contributed by atoms with Crippen LogP contribution >= 0.6 is 15.9 Å². The zero-order valence-corrected chi connectivity index (χ0v) is 13.8. The minimum absolute atomic E-state index is 0.0280. The first kappa shape index (κ1) is 16.0. The van der Waals surface area contributed by atoms with Crippen LogP contribution in [0.3, 0.4) is 0 Å². The fourth-order valence-electron chi connectivity index (χ4n) is 2.43. The van der Waals surface area contributed by atoms with Crippen LogP contribution in [0.2, 0.25) is 0 Å². The van der Waals surface area contributed by atoms with Crippen LogP contribution < -0.4 is 11.1 Å². The predicted octanol–water partition coefficient (Wildman–Crippen LogP) is 1.36. The van der Waals surface area contributed by atoms with Gasteiger partial charge in [-0.2, -0.15) is 0 Å². The zero-order valence-electron chi connectivity index (χ0n) is 12.2. The molecule has 2 amide bonds. The molecule has 114 valence electrons. The van der Waals surface area contributed by atoms with E-state index in [0.29, 0.717) is 13.1 Å². The number of halogens is 1. The number of hydrogen-bond acceptors (Lipinski definition) is 3. The first-order chi connectivity index (χ1) is 9.80. The topological polar surface area (TPSA) is 75.4 Å². The molecule has 2 atom stereocenters. The van der Waals surface area contributed by atoms with Gasteiger partial charge in [0.2, 0.25) is 11.8 Å². The van der Waals surface area contributed by atoms with Crippen LogP contribution in [0.25, 0.3) is 0 Å². The van der Waals surface area contributed by atoms with E-state index in [9.17, 15) is 9.59 Å². The summed E-state index contributed by atoms with van der Waals surface area (Å²) in [5.41, 5.74) is 5.86. The van der Waals surface area contributed by atoms with Crippen LogP contribution in [-0.2, 0) is 15.1 Å². The monoisotopic (exact) mass is 353 g/mol. The molecule has 1 aliphatic heterocycles. The number of benzene rings is 1. The maximum atomic E-state index is 12.4. The van der Waals surface area contributed by atoms with Gasteiger partial charge in [-0.1, -0.05) is 28.1 Å². The van der Waals surface area contributed by atoms with Gasteiger partial charge >= 0.3 is 0 Å². The number of rotatable bonds is 3. The Morgan fingerprint density at radius 2 is 2.00 bits per heavy atom. The molecule has 1 aromatic rings. The van der Waals surface area contributed by atoms with Crippen LogP contribution in [0.4, 0.5) is 0 Å². The Morgan fingerprint density at radius 3 is 2.52 bits per heavy atom. The van der Waals surface area contributed by atoms with E-state index in [1.165, 1.54) is 0 Å². The number of nitrogens with two attached hydrogens (primary N) is 1. The van der Waals surface area contributed by atoms with E-state index < -0.39 is 5.54 Å². The number of likely N-dealkylation sites (tertiary alicyclic amines) is 1. The largest absolute Gasteiger partial charge is 0.350 e. The highest BCUT2D eigenvalue weighted by molar-refractivity contribution is 9.10. The summed E-state index contributed by atoms with van der Waals surface area (Å²) in [6.07, 6.45) is 0.766. The molecule has 3 N–H and O–H groups in total. The third-order valence-electron chi connectivity index (χ3n) is 3.88. The van der Waals surface area contributed by atoms with Crippen molar-refractivity contribution < 1.29 is 9.59 Å². The maximum absolute atomic E-state index is 12.4. The van der Waals surface area contributed by atoms with Gasteiger partial charge in [0.25, 0.3) is 0 Å². The van der Waals surface area contributed by atoms with Crippen molar-refractivity contribution in [3.63, 3.8) is 0 Å². The maximum Gasteiger partial charge on any atom is 0.244 e. The lowest BCUT2D eigenvalue weighted by Crippen LogP contribution is -2.52. The van der Waals surface area contributed by atoms with Crippen molar-refractivity contribution in [1.29, 1.82) is 0 Å². The molecule has 0 aromatic heterocycles. The summed E-state index contributed by atoms with van der Waals surface area (Å²) >= 11 is 3.36. The fraction of sp³-hybridized carbons (Fsp3) is 0.467. The molecule has 0 saturated carbocycles. The quantitative estimate of drug-likeness (QED) is 0.861. The molecule has 1 fully saturated rings. The van der Waals surface area contributed by atoms with Gasteiger partial charge in [0, 0.05) is 30.5 Å². The highest BCUT2D eigenvalue weighted by Gasteiger charge is 2.34. The standard InChI is InChI=1S/C15H20BrN3O2/c1-10(20)19-8-7-13(9-19)18-14(21)15(2,17)11-3-5-12(16)6-4-11/h3-6,13H,7-9,17H2,1-2H3,(H,18,21). The highest BCUT2D eigenvalue weighted by Crippen LogP contribution is 2.21. The van der Waals surface area contributed by atoms with E-state index in [0.717, 1.165) is 16.5 Å². The SMILES string of the molecule is CC(=O)N1CCC(NC(=O)C(C)(N)c2ccc(Br)cc2)C1. The second-order valence-electron chi connectivity index (χ2n) is 5.63. The van der Waals surface area contributed by atoms with Crippen molar-refractivity contribution in [2.24, 2.45) is 5.73 Å². The normalized spacial score (nSPS) is 21.0. The van der Waals surface area contributed by atoms with Gasteiger partial charge < -0.3 is 16.0 Å². The predicted molar refractivity (Wildman–Crippen MR) is 84.5 cm³/mol. The molecule has 2 rings (SSSR count). The Bertz CT molecular complexity index is 542. The molecule has 1 heterocycles. The van der Waals surface area contributed by atoms with Gasteiger partial charge in [0.1, 0.15) is 5.54 Å². The number of amides is 2. The minimum Gasteiger partial charge on any atom is -0.350 e. The number of nitrogens with one attached hydrogen (secondary N) is 1. The highest BCUT2D eigenvalue weighted by atomic mass is 79.9. The Morgan fingerprint density at radius 1 is 1.38 bits per heavy atom. The molecule has 0 aliphatic carbocycles. The lowest BCUT2D eigenvalue weighted by molar-refractivity contribution is -0.129. The second kappa shape index (κ2) is 6.15. The third kappa shape index (κ3) is 3.63. The molecular weight excluding hydrogens is 334 g/mol. The summed E-state index contributed by atoms with van der Waals surface area (Å²) in [5.74, 6) is -0.185. The smallest absolute Gasteiger partial charge is 0.244 e. The van der Waals surface area contributed by atoms with Gasteiger partial charge in [-0.25, -0.2) is 0 Å². The lowest BCUT2D eigenvalue weighted by Gasteiger charge is -2.26. The first-order valence-electron chi connectivity index (χ1n) is 6.92. The molecule has 2 unspecified atom stereocenters. The summed E-state index contributed by atoms with van der Waals surface area (Å²) in [7, 11) is 0. The molecule has 1 aliphatic rings. The Hall–Kier alpha value is -1.40. The molecule has 21 heavy (non-hydrogen) atoms. The Labute approximate surface area is 133 Å². The van der Waals surface area contributed by atoms with Crippen molar-refractivity contribution >= 4 is 27.7 Å². The van der Waals surface area contributed by atoms with E-state index >= 15 is 0 Å². The zero-order chi connectivity index (χ0) is 15.6. The van der Waals surface area contributed by atoms with Crippen molar-refractivity contribution in [1.82, 2.24) is 10.2 Å². The van der Waals surface area contributed by atoms with E-state index in [1.807, 2.05) is 24.3 Å². The number of carbonyl (C=O) groups excluding carboxylic acids is 2. The molecule has 5 nitrogen and oxygen atoms in total. The molecule has 0 spiro atoms. The molecule has 0 radical (unpaired) electrons. The van der Waals surface area contributed by atoms with E-state index in [1.54, 1.807) is 18.7 Å². The number of nitrogens with zero attached hydrogens (tertiary/aromatic N) is 1. The Kier molecular flexibility index (Phi) is 4.68. The van der Waals surface area contributed by atoms with Crippen molar-refractivity contribution in [2.75, 3.05) is 13.1 Å². The van der Waals surface area contributed by atoms with Gasteiger partial charge in [-0.05, 0) is 31.0 Å². The molecule has 0 bridgehead atoms. The summed E-state index contributed by atoms with van der Waals surface area (Å²) in [6, 6.07) is 7.36. The first-order valence-corrected chi connectivity index (χ1v) is 7.71. The average molecular weight is 354 g/mol. The third-order valence-corrected chi connectivity index (χ3v) is 4.41. The average Bonchev–Trinajstić information content (AvgIpc) is 2.88. The van der Waals surface area contributed by atoms with E-state index in [4.69, 9.17) is 5.73 Å². The summed E-state index contributed by atoms with van der Waals surface area (Å²) in [4.78, 5) is 25.5. The van der Waals surface area contributed by atoms with Crippen LogP contribution in [0.1, 0.15) is 25.8 Å². The van der Waals surface area contributed by atoms with Gasteiger partial charge in [0.05, 0.1) is 0 Å². The van der Waals surface area contributed by atoms with Crippen LogP contribution in [-0.4, -0.2) is 35.8 Å². The van der Waals surface area contributed by atoms with E-state index in [-0.39, 0.29) is 17.9 Å². The molecule has 1 saturated heterocycles. The summed E-state index contributed by atoms with van der Waals surface area (Å²) in [6.45, 7) is 4.47. The number of hydrogen-bond donors (Lipinski definition) is 2. The van der Waals surface area contributed by atoms with Crippen LogP contribution in [0, 0.1) is 0 Å². The fourth-order valence-corrected chi connectivity index (χ4v) is 2.69. The van der Waals surface area contributed by atoms with Crippen molar-refractivity contribution in [3.8, 4) is 0 Å². The number of carbonyl (C=O) groups is 2. The summed E-state index contributed by atoms with van der Waals surface area (Å²) in [5, 5.41) is 2.95. The lowest BCUT2D eigenvalue weighted by atomic mass is 9.92. The second-order valence-corrected chi connectivity index (χ2v) is 6.55. The minimum atomic E-state index is -1.09.